The van der Waals surface area contributed by atoms with Crippen molar-refractivity contribution >= 4 is 6.29 Å². The van der Waals surface area contributed by atoms with Gasteiger partial charge in [-0.15, -0.1) is 0 Å². The van der Waals surface area contributed by atoms with Gasteiger partial charge in [0.2, 0.25) is 0 Å². The van der Waals surface area contributed by atoms with Crippen LogP contribution in [0.3, 0.4) is 0 Å². The minimum absolute atomic E-state index is 0.327. The number of dihydropyridines is 1. The fraction of sp³-hybridized carbons (Fsp3) is 0.167. The predicted molar refractivity (Wildman–Crippen MR) is 37.5 cm³/mol. The van der Waals surface area contributed by atoms with E-state index in [4.69, 9.17) is 11.5 Å². The normalized spacial score (nSPS) is 24.2. The third-order valence-corrected chi connectivity index (χ3v) is 1.27. The maximum absolute atomic E-state index is 10.2. The third kappa shape index (κ3) is 1.10. The number of rotatable bonds is 1. The molecule has 0 fully saturated rings. The van der Waals surface area contributed by atoms with E-state index in [1.165, 1.54) is 6.20 Å². The van der Waals surface area contributed by atoms with E-state index in [1.807, 2.05) is 0 Å². The largest absolute Gasteiger partial charge is 0.397 e. The van der Waals surface area contributed by atoms with Crippen LogP contribution in [0.1, 0.15) is 0 Å². The van der Waals surface area contributed by atoms with Crippen LogP contribution < -0.4 is 16.8 Å². The molecule has 1 aliphatic heterocycles. The molecule has 0 bridgehead atoms. The molecule has 0 aromatic heterocycles. The Morgan fingerprint density at radius 3 is 2.70 bits per heavy atom. The van der Waals surface area contributed by atoms with E-state index in [9.17, 15) is 4.79 Å². The van der Waals surface area contributed by atoms with Gasteiger partial charge in [0.05, 0.1) is 11.4 Å². The van der Waals surface area contributed by atoms with Gasteiger partial charge in [0, 0.05) is 6.20 Å². The summed E-state index contributed by atoms with van der Waals surface area (Å²) in [5.41, 5.74) is 11.7. The molecule has 0 radical (unpaired) electrons. The molecular formula is C6H9N3O. The predicted octanol–water partition coefficient (Wildman–Crippen LogP) is -1.20. The monoisotopic (exact) mass is 139 g/mol. The van der Waals surface area contributed by atoms with Gasteiger partial charge in [-0.25, -0.2) is 0 Å². The molecule has 1 rings (SSSR count). The van der Waals surface area contributed by atoms with Gasteiger partial charge in [-0.1, -0.05) is 0 Å². The first-order valence-corrected chi connectivity index (χ1v) is 2.88. The zero-order valence-electron chi connectivity index (χ0n) is 5.37. The summed E-state index contributed by atoms with van der Waals surface area (Å²) in [4.78, 5) is 10.2. The SMILES string of the molecule is NC1=CNC(C=O)C=C1N. The minimum Gasteiger partial charge on any atom is -0.397 e. The van der Waals surface area contributed by atoms with Gasteiger partial charge in [-0.2, -0.15) is 0 Å². The second-order valence-electron chi connectivity index (χ2n) is 2.05. The Morgan fingerprint density at radius 1 is 1.50 bits per heavy atom. The first kappa shape index (κ1) is 6.67. The first-order valence-electron chi connectivity index (χ1n) is 2.88. The van der Waals surface area contributed by atoms with Crippen molar-refractivity contribution in [2.75, 3.05) is 0 Å². The number of aldehydes is 1. The molecule has 10 heavy (non-hydrogen) atoms. The van der Waals surface area contributed by atoms with Crippen LogP contribution in [0.15, 0.2) is 23.7 Å². The van der Waals surface area contributed by atoms with Crippen molar-refractivity contribution in [3.63, 3.8) is 0 Å². The van der Waals surface area contributed by atoms with Crippen LogP contribution in [0.2, 0.25) is 0 Å². The Morgan fingerprint density at radius 2 is 2.20 bits per heavy atom. The molecule has 0 saturated heterocycles. The van der Waals surface area contributed by atoms with Crippen molar-refractivity contribution < 1.29 is 4.79 Å². The molecule has 0 spiro atoms. The fourth-order valence-electron chi connectivity index (χ4n) is 0.686. The van der Waals surface area contributed by atoms with Gasteiger partial charge < -0.3 is 21.6 Å². The van der Waals surface area contributed by atoms with Gasteiger partial charge in [-0.3, -0.25) is 0 Å². The lowest BCUT2D eigenvalue weighted by Gasteiger charge is -2.14. The van der Waals surface area contributed by atoms with E-state index < -0.39 is 0 Å². The summed E-state index contributed by atoms with van der Waals surface area (Å²) in [6.07, 6.45) is 3.85. The molecule has 54 valence electrons. The highest BCUT2D eigenvalue weighted by Gasteiger charge is 2.08. The van der Waals surface area contributed by atoms with Crippen LogP contribution in [0.25, 0.3) is 0 Å². The molecule has 0 aromatic rings. The highest BCUT2D eigenvalue weighted by atomic mass is 16.1. The molecule has 1 atom stereocenters. The van der Waals surface area contributed by atoms with Crippen molar-refractivity contribution in [2.24, 2.45) is 11.5 Å². The van der Waals surface area contributed by atoms with E-state index in [2.05, 4.69) is 5.32 Å². The van der Waals surface area contributed by atoms with Gasteiger partial charge >= 0.3 is 0 Å². The van der Waals surface area contributed by atoms with Crippen molar-refractivity contribution in [3.05, 3.63) is 23.7 Å². The Balaban J connectivity index is 2.75. The molecule has 0 amide bonds. The summed E-state index contributed by atoms with van der Waals surface area (Å²) in [5, 5.41) is 2.74. The highest BCUT2D eigenvalue weighted by molar-refractivity contribution is 5.63. The zero-order chi connectivity index (χ0) is 7.56. The zero-order valence-corrected chi connectivity index (χ0v) is 5.37. The van der Waals surface area contributed by atoms with E-state index in [-0.39, 0.29) is 6.04 Å². The van der Waals surface area contributed by atoms with E-state index in [1.54, 1.807) is 6.08 Å². The lowest BCUT2D eigenvalue weighted by Crippen LogP contribution is -2.31. The number of hydrogen-bond acceptors (Lipinski definition) is 4. The van der Waals surface area contributed by atoms with Crippen LogP contribution in [-0.4, -0.2) is 12.3 Å². The van der Waals surface area contributed by atoms with Crippen LogP contribution in [0.4, 0.5) is 0 Å². The average Bonchev–Trinajstić information content (AvgIpc) is 1.95. The number of carbonyl (C=O) groups excluding carboxylic acids is 1. The minimum atomic E-state index is -0.327. The smallest absolute Gasteiger partial charge is 0.146 e. The summed E-state index contributed by atoms with van der Waals surface area (Å²) in [6.45, 7) is 0. The van der Waals surface area contributed by atoms with Crippen LogP contribution >= 0.6 is 0 Å². The van der Waals surface area contributed by atoms with Crippen molar-refractivity contribution in [2.45, 2.75) is 6.04 Å². The summed E-state index contributed by atoms with van der Waals surface area (Å²) in [6, 6.07) is -0.327. The standard InChI is InChI=1S/C6H9N3O/c7-5-1-4(3-10)9-2-6(5)8/h1-4,9H,7-8H2. The number of nitrogens with one attached hydrogen (secondary N) is 1. The Bertz CT molecular complexity index is 207. The molecular weight excluding hydrogens is 130 g/mol. The lowest BCUT2D eigenvalue weighted by molar-refractivity contribution is -0.108. The highest BCUT2D eigenvalue weighted by Crippen LogP contribution is 2.01. The number of nitrogens with two attached hydrogens (primary N) is 2. The quantitative estimate of drug-likeness (QED) is 0.398. The summed E-state index contributed by atoms with van der Waals surface area (Å²) in [7, 11) is 0. The van der Waals surface area contributed by atoms with E-state index in [0.29, 0.717) is 11.4 Å². The van der Waals surface area contributed by atoms with Crippen LogP contribution in [-0.2, 0) is 4.79 Å². The van der Waals surface area contributed by atoms with E-state index >= 15 is 0 Å². The molecule has 4 nitrogen and oxygen atoms in total. The molecule has 5 N–H and O–H groups in total. The molecule has 1 heterocycles. The Kier molecular flexibility index (Phi) is 1.62. The molecule has 4 heteroatoms. The molecule has 0 saturated carbocycles. The molecule has 0 aromatic carbocycles. The third-order valence-electron chi connectivity index (χ3n) is 1.27. The second-order valence-corrected chi connectivity index (χ2v) is 2.05. The Hall–Kier alpha value is -1.45. The van der Waals surface area contributed by atoms with Crippen molar-refractivity contribution in [3.8, 4) is 0 Å². The number of carbonyl (C=O) groups is 1. The summed E-state index contributed by atoms with van der Waals surface area (Å²) < 4.78 is 0. The van der Waals surface area contributed by atoms with Gasteiger partial charge in [0.1, 0.15) is 12.3 Å². The Labute approximate surface area is 58.6 Å². The molecule has 1 unspecified atom stereocenters. The summed E-state index contributed by atoms with van der Waals surface area (Å²) in [5.74, 6) is 0. The molecule has 1 aliphatic rings. The maximum Gasteiger partial charge on any atom is 0.146 e. The van der Waals surface area contributed by atoms with Gasteiger partial charge in [-0.05, 0) is 6.08 Å². The summed E-state index contributed by atoms with van der Waals surface area (Å²) >= 11 is 0. The van der Waals surface area contributed by atoms with Crippen LogP contribution in [0.5, 0.6) is 0 Å². The van der Waals surface area contributed by atoms with Crippen molar-refractivity contribution in [1.82, 2.24) is 5.32 Å². The number of hydrogen-bond donors (Lipinski definition) is 3. The topological polar surface area (TPSA) is 81.1 Å². The van der Waals surface area contributed by atoms with Crippen molar-refractivity contribution in [1.29, 1.82) is 0 Å². The van der Waals surface area contributed by atoms with E-state index in [0.717, 1.165) is 6.29 Å². The van der Waals surface area contributed by atoms with Gasteiger partial charge in [0.15, 0.2) is 0 Å². The maximum atomic E-state index is 10.2. The van der Waals surface area contributed by atoms with Crippen LogP contribution in [0, 0.1) is 0 Å². The lowest BCUT2D eigenvalue weighted by atomic mass is 10.2. The average molecular weight is 139 g/mol. The van der Waals surface area contributed by atoms with Gasteiger partial charge in [0.25, 0.3) is 0 Å². The first-order chi connectivity index (χ1) is 4.74. The fourth-order valence-corrected chi connectivity index (χ4v) is 0.686. The second kappa shape index (κ2) is 2.43. The molecule has 0 aliphatic carbocycles.